The van der Waals surface area contributed by atoms with Crippen LogP contribution in [0.15, 0.2) is 42.0 Å². The van der Waals surface area contributed by atoms with Gasteiger partial charge in [0.2, 0.25) is 0 Å². The molecule has 3 saturated carbocycles. The maximum Gasteiger partial charge on any atom is 0.338 e. The minimum Gasteiger partial charge on any atom is -0.459 e. The van der Waals surface area contributed by atoms with Gasteiger partial charge in [0.15, 0.2) is 0 Å². The van der Waals surface area contributed by atoms with E-state index < -0.39 is 0 Å². The molecule has 3 fully saturated rings. The van der Waals surface area contributed by atoms with Gasteiger partial charge >= 0.3 is 5.97 Å². The molecule has 0 heterocycles. The molecule has 38 heavy (non-hydrogen) atoms. The van der Waals surface area contributed by atoms with Crippen molar-refractivity contribution in [2.75, 3.05) is 0 Å². The molecule has 0 amide bonds. The average molecular weight is 517 g/mol. The highest BCUT2D eigenvalue weighted by Gasteiger charge is 2.59. The third kappa shape index (κ3) is 5.06. The van der Waals surface area contributed by atoms with E-state index in [0.717, 1.165) is 53.6 Å². The Labute approximate surface area is 232 Å². The van der Waals surface area contributed by atoms with Crippen molar-refractivity contribution in [3.8, 4) is 0 Å². The van der Waals surface area contributed by atoms with Gasteiger partial charge in [-0.25, -0.2) is 4.79 Å². The number of ether oxygens (including phenoxy) is 1. The molecular weight excluding hydrogens is 464 g/mol. The standard InChI is InChI=1S/C36H52O2/c1-23(2)9-8-10-26(5)31-13-14-32-30-12-11-28-22-29(38-34(37)27-20-24(3)19-25(4)21-27)15-17-35(28,6)33(30)16-18-36(31,32)7/h9,11-12,19-21,26,28-33H,8,10,13-18,22H2,1-7H3. The summed E-state index contributed by atoms with van der Waals surface area (Å²) in [6.45, 7) is 16.3. The molecule has 9 unspecified atom stereocenters. The smallest absolute Gasteiger partial charge is 0.338 e. The largest absolute Gasteiger partial charge is 0.459 e. The highest BCUT2D eigenvalue weighted by Crippen LogP contribution is 2.67. The lowest BCUT2D eigenvalue weighted by Crippen LogP contribution is -2.52. The molecule has 1 aromatic rings. The summed E-state index contributed by atoms with van der Waals surface area (Å²) in [6.07, 6.45) is 19.0. The summed E-state index contributed by atoms with van der Waals surface area (Å²) in [5.74, 6) is 4.43. The van der Waals surface area contributed by atoms with Crippen LogP contribution in [0.1, 0.15) is 114 Å². The molecule has 0 saturated heterocycles. The highest BCUT2D eigenvalue weighted by atomic mass is 16.5. The van der Waals surface area contributed by atoms with Crippen molar-refractivity contribution < 1.29 is 9.53 Å². The lowest BCUT2D eigenvalue weighted by atomic mass is 9.46. The number of esters is 1. The Balaban J connectivity index is 1.26. The van der Waals surface area contributed by atoms with Gasteiger partial charge < -0.3 is 4.74 Å². The fraction of sp³-hybridized carbons (Fsp3) is 0.694. The summed E-state index contributed by atoms with van der Waals surface area (Å²) in [7, 11) is 0. The molecular formula is C36H52O2. The Kier molecular flexibility index (Phi) is 7.75. The van der Waals surface area contributed by atoms with Gasteiger partial charge in [0.25, 0.3) is 0 Å². The van der Waals surface area contributed by atoms with Gasteiger partial charge in [0.1, 0.15) is 6.10 Å². The van der Waals surface area contributed by atoms with Crippen LogP contribution in [0.2, 0.25) is 0 Å². The highest BCUT2D eigenvalue weighted by molar-refractivity contribution is 5.90. The third-order valence-electron chi connectivity index (χ3n) is 11.8. The Morgan fingerprint density at radius 3 is 2.37 bits per heavy atom. The predicted octanol–water partition coefficient (Wildman–Crippen LogP) is 9.65. The number of aryl methyl sites for hydroxylation is 2. The Morgan fingerprint density at radius 2 is 1.66 bits per heavy atom. The average Bonchev–Trinajstić information content (AvgIpc) is 3.20. The molecule has 0 N–H and O–H groups in total. The van der Waals surface area contributed by atoms with Gasteiger partial charge in [-0.1, -0.05) is 61.8 Å². The number of benzene rings is 1. The molecule has 0 radical (unpaired) electrons. The quantitative estimate of drug-likeness (QED) is 0.278. The fourth-order valence-corrected chi connectivity index (χ4v) is 9.81. The molecule has 4 aliphatic carbocycles. The zero-order valence-corrected chi connectivity index (χ0v) is 25.2. The van der Waals surface area contributed by atoms with Crippen LogP contribution >= 0.6 is 0 Å². The zero-order valence-electron chi connectivity index (χ0n) is 25.2. The van der Waals surface area contributed by atoms with Crippen LogP contribution in [-0.2, 0) is 4.74 Å². The molecule has 9 atom stereocenters. The molecule has 5 rings (SSSR count). The van der Waals surface area contributed by atoms with E-state index in [9.17, 15) is 4.79 Å². The second kappa shape index (κ2) is 10.6. The van der Waals surface area contributed by atoms with E-state index in [-0.39, 0.29) is 12.1 Å². The van der Waals surface area contributed by atoms with E-state index in [4.69, 9.17) is 4.74 Å². The number of allylic oxidation sites excluding steroid dienone is 4. The van der Waals surface area contributed by atoms with Crippen molar-refractivity contribution >= 4 is 5.97 Å². The number of fused-ring (bicyclic) bond motifs is 5. The van der Waals surface area contributed by atoms with Gasteiger partial charge in [0.05, 0.1) is 5.56 Å². The number of rotatable bonds is 6. The number of hydrogen-bond donors (Lipinski definition) is 0. The molecule has 0 bridgehead atoms. The van der Waals surface area contributed by atoms with E-state index in [2.05, 4.69) is 58.9 Å². The SMILES string of the molecule is CC(C)=CCCC(C)C1CCC2C3C=CC4CC(OC(=O)c5cc(C)cc(C)c5)CCC4(C)C3CCC12C. The van der Waals surface area contributed by atoms with E-state index >= 15 is 0 Å². The molecule has 0 spiro atoms. The summed E-state index contributed by atoms with van der Waals surface area (Å²) in [5.41, 5.74) is 5.24. The first-order chi connectivity index (χ1) is 18.0. The first-order valence-electron chi connectivity index (χ1n) is 15.6. The van der Waals surface area contributed by atoms with E-state index in [1.165, 1.54) is 50.5 Å². The number of carbonyl (C=O) groups is 1. The van der Waals surface area contributed by atoms with Crippen molar-refractivity contribution in [1.82, 2.24) is 0 Å². The van der Waals surface area contributed by atoms with Crippen LogP contribution in [0.3, 0.4) is 0 Å². The summed E-state index contributed by atoms with van der Waals surface area (Å²) < 4.78 is 6.11. The Bertz CT molecular complexity index is 1070. The van der Waals surface area contributed by atoms with Crippen molar-refractivity contribution in [2.45, 2.75) is 112 Å². The Hall–Kier alpha value is -1.83. The maximum absolute atomic E-state index is 13.0. The number of carbonyl (C=O) groups excluding carboxylic acids is 1. The van der Waals surface area contributed by atoms with Crippen molar-refractivity contribution in [3.63, 3.8) is 0 Å². The third-order valence-corrected chi connectivity index (χ3v) is 11.8. The molecule has 2 heteroatoms. The van der Waals surface area contributed by atoms with Gasteiger partial charge in [-0.15, -0.1) is 0 Å². The fourth-order valence-electron chi connectivity index (χ4n) is 9.81. The molecule has 2 nitrogen and oxygen atoms in total. The van der Waals surface area contributed by atoms with Crippen LogP contribution in [-0.4, -0.2) is 12.1 Å². The summed E-state index contributed by atoms with van der Waals surface area (Å²) in [5, 5.41) is 0. The second-order valence-electron chi connectivity index (χ2n) is 14.5. The topological polar surface area (TPSA) is 26.3 Å². The molecule has 0 aromatic heterocycles. The van der Waals surface area contributed by atoms with Crippen LogP contribution in [0, 0.1) is 60.2 Å². The summed E-state index contributed by atoms with van der Waals surface area (Å²) in [4.78, 5) is 13.0. The van der Waals surface area contributed by atoms with Crippen LogP contribution in [0.4, 0.5) is 0 Å². The maximum atomic E-state index is 13.0. The monoisotopic (exact) mass is 516 g/mol. The van der Waals surface area contributed by atoms with Gasteiger partial charge in [-0.05, 0) is 144 Å². The lowest BCUT2D eigenvalue weighted by molar-refractivity contribution is -0.0843. The normalized spacial score (nSPS) is 38.5. The minimum absolute atomic E-state index is 0.0361. The molecule has 1 aromatic carbocycles. The van der Waals surface area contributed by atoms with Gasteiger partial charge in [-0.2, -0.15) is 0 Å². The van der Waals surface area contributed by atoms with Crippen molar-refractivity contribution in [1.29, 1.82) is 0 Å². The van der Waals surface area contributed by atoms with E-state index in [1.807, 2.05) is 26.0 Å². The van der Waals surface area contributed by atoms with Crippen molar-refractivity contribution in [2.24, 2.45) is 46.3 Å². The van der Waals surface area contributed by atoms with Crippen molar-refractivity contribution in [3.05, 3.63) is 58.7 Å². The molecule has 4 aliphatic rings. The van der Waals surface area contributed by atoms with E-state index in [1.54, 1.807) is 0 Å². The van der Waals surface area contributed by atoms with Crippen LogP contribution < -0.4 is 0 Å². The molecule has 208 valence electrons. The summed E-state index contributed by atoms with van der Waals surface area (Å²) >= 11 is 0. The van der Waals surface area contributed by atoms with Gasteiger partial charge in [0, 0.05) is 0 Å². The van der Waals surface area contributed by atoms with Crippen LogP contribution in [0.5, 0.6) is 0 Å². The zero-order chi connectivity index (χ0) is 27.2. The Morgan fingerprint density at radius 1 is 0.974 bits per heavy atom. The van der Waals surface area contributed by atoms with Crippen LogP contribution in [0.25, 0.3) is 0 Å². The second-order valence-corrected chi connectivity index (χ2v) is 14.5. The first kappa shape index (κ1) is 27.7. The number of hydrogen-bond acceptors (Lipinski definition) is 2. The minimum atomic E-state index is -0.146. The molecule has 0 aliphatic heterocycles. The lowest BCUT2D eigenvalue weighted by Gasteiger charge is -2.59. The predicted molar refractivity (Wildman–Crippen MR) is 158 cm³/mol. The van der Waals surface area contributed by atoms with Gasteiger partial charge in [-0.3, -0.25) is 0 Å². The van der Waals surface area contributed by atoms with E-state index in [0.29, 0.717) is 22.3 Å². The first-order valence-corrected chi connectivity index (χ1v) is 15.6. The summed E-state index contributed by atoms with van der Waals surface area (Å²) in [6, 6.07) is 6.03.